The van der Waals surface area contributed by atoms with Gasteiger partial charge in [0.15, 0.2) is 0 Å². The van der Waals surface area contributed by atoms with Crippen molar-refractivity contribution in [3.8, 4) is 12.1 Å². The van der Waals surface area contributed by atoms with Gasteiger partial charge in [-0.05, 0) is 42.8 Å². The van der Waals surface area contributed by atoms with Crippen molar-refractivity contribution in [3.63, 3.8) is 0 Å². The molecule has 0 spiro atoms. The highest BCUT2D eigenvalue weighted by molar-refractivity contribution is 5.55. The number of nitrogens with zero attached hydrogens (tertiary/aromatic N) is 4. The van der Waals surface area contributed by atoms with E-state index in [0.717, 1.165) is 16.8 Å². The molecule has 0 aliphatic rings. The third kappa shape index (κ3) is 3.80. The number of nitriles is 2. The topological polar surface area (TPSA) is 85.4 Å². The van der Waals surface area contributed by atoms with Crippen LogP contribution < -0.4 is 5.32 Å². The van der Waals surface area contributed by atoms with Crippen molar-refractivity contribution in [1.82, 2.24) is 9.97 Å². The van der Waals surface area contributed by atoms with Crippen LogP contribution in [0.15, 0.2) is 60.8 Å². The summed E-state index contributed by atoms with van der Waals surface area (Å²) in [6.07, 6.45) is 1.63. The minimum atomic E-state index is -0.454. The lowest BCUT2D eigenvalue weighted by atomic mass is 9.96. The van der Waals surface area contributed by atoms with E-state index in [9.17, 15) is 5.26 Å². The number of nitrogens with one attached hydrogen (secondary N) is 1. The number of rotatable bonds is 4. The molecule has 3 rings (SSSR count). The predicted octanol–water partition coefficient (Wildman–Crippen LogP) is 4.06. The first-order valence-corrected chi connectivity index (χ1v) is 7.76. The summed E-state index contributed by atoms with van der Waals surface area (Å²) >= 11 is 0. The SMILES string of the molecule is Cc1ccc(C(C#N)c2ccnc(Nc3ccc(C#N)cc3)n2)cc1. The molecular weight excluding hydrogens is 310 g/mol. The van der Waals surface area contributed by atoms with E-state index in [1.54, 1.807) is 36.5 Å². The molecule has 1 unspecified atom stereocenters. The molecule has 1 atom stereocenters. The van der Waals surface area contributed by atoms with Crippen LogP contribution in [0.4, 0.5) is 11.6 Å². The summed E-state index contributed by atoms with van der Waals surface area (Å²) in [6.45, 7) is 2.01. The van der Waals surface area contributed by atoms with Gasteiger partial charge in [0.2, 0.25) is 5.95 Å². The molecule has 0 saturated carbocycles. The number of aryl methyl sites for hydroxylation is 1. The summed E-state index contributed by atoms with van der Waals surface area (Å²) in [7, 11) is 0. The second-order valence-corrected chi connectivity index (χ2v) is 5.59. The highest BCUT2D eigenvalue weighted by atomic mass is 15.1. The lowest BCUT2D eigenvalue weighted by molar-refractivity contribution is 0.947. The Labute approximate surface area is 146 Å². The Morgan fingerprint density at radius 3 is 2.32 bits per heavy atom. The number of hydrogen-bond acceptors (Lipinski definition) is 5. The Morgan fingerprint density at radius 2 is 1.68 bits per heavy atom. The molecule has 5 heteroatoms. The molecule has 2 aromatic carbocycles. The van der Waals surface area contributed by atoms with Gasteiger partial charge in [-0.3, -0.25) is 0 Å². The second kappa shape index (κ2) is 7.25. The molecule has 0 amide bonds. The zero-order chi connectivity index (χ0) is 17.6. The van der Waals surface area contributed by atoms with E-state index in [1.165, 1.54) is 0 Å². The minimum Gasteiger partial charge on any atom is -0.324 e. The normalized spacial score (nSPS) is 11.2. The monoisotopic (exact) mass is 325 g/mol. The summed E-state index contributed by atoms with van der Waals surface area (Å²) in [4.78, 5) is 8.68. The Balaban J connectivity index is 1.86. The second-order valence-electron chi connectivity index (χ2n) is 5.59. The maximum absolute atomic E-state index is 9.58. The van der Waals surface area contributed by atoms with Gasteiger partial charge in [-0.2, -0.15) is 10.5 Å². The largest absolute Gasteiger partial charge is 0.324 e. The fourth-order valence-corrected chi connectivity index (χ4v) is 2.42. The average Bonchev–Trinajstić information content (AvgIpc) is 2.65. The Morgan fingerprint density at radius 1 is 0.960 bits per heavy atom. The van der Waals surface area contributed by atoms with Crippen LogP contribution >= 0.6 is 0 Å². The van der Waals surface area contributed by atoms with Gasteiger partial charge in [-0.25, -0.2) is 9.97 Å². The molecule has 5 nitrogen and oxygen atoms in total. The Bertz CT molecular complexity index is 947. The standard InChI is InChI=1S/C20H15N5/c1-14-2-6-16(7-3-14)18(13-22)19-10-11-23-20(25-19)24-17-8-4-15(12-21)5-9-17/h2-11,18H,1H3,(H,23,24,25). The molecule has 1 aromatic heterocycles. The highest BCUT2D eigenvalue weighted by Crippen LogP contribution is 2.24. The van der Waals surface area contributed by atoms with Crippen molar-refractivity contribution in [2.24, 2.45) is 0 Å². The molecule has 120 valence electrons. The van der Waals surface area contributed by atoms with E-state index in [1.807, 2.05) is 31.2 Å². The molecule has 0 saturated heterocycles. The molecule has 3 aromatic rings. The zero-order valence-corrected chi connectivity index (χ0v) is 13.6. The first kappa shape index (κ1) is 16.2. The van der Waals surface area contributed by atoms with Crippen molar-refractivity contribution >= 4 is 11.6 Å². The molecule has 0 aliphatic carbocycles. The van der Waals surface area contributed by atoms with E-state index >= 15 is 0 Å². The molecule has 0 bridgehead atoms. The van der Waals surface area contributed by atoms with Crippen LogP contribution in [0, 0.1) is 29.6 Å². The summed E-state index contributed by atoms with van der Waals surface area (Å²) < 4.78 is 0. The number of aromatic nitrogens is 2. The molecular formula is C20H15N5. The van der Waals surface area contributed by atoms with E-state index < -0.39 is 5.92 Å². The molecule has 1 heterocycles. The minimum absolute atomic E-state index is 0.412. The fourth-order valence-electron chi connectivity index (χ4n) is 2.42. The van der Waals surface area contributed by atoms with Crippen LogP contribution in [0.5, 0.6) is 0 Å². The molecule has 0 aliphatic heterocycles. The van der Waals surface area contributed by atoms with Crippen molar-refractivity contribution in [1.29, 1.82) is 10.5 Å². The predicted molar refractivity (Wildman–Crippen MR) is 95.1 cm³/mol. The van der Waals surface area contributed by atoms with E-state index in [4.69, 9.17) is 5.26 Å². The number of anilines is 2. The van der Waals surface area contributed by atoms with Crippen LogP contribution in [0.1, 0.15) is 28.3 Å². The fraction of sp³-hybridized carbons (Fsp3) is 0.100. The van der Waals surface area contributed by atoms with Gasteiger partial charge in [-0.1, -0.05) is 29.8 Å². The van der Waals surface area contributed by atoms with Crippen LogP contribution in [-0.2, 0) is 0 Å². The Hall–Kier alpha value is -3.70. The van der Waals surface area contributed by atoms with Gasteiger partial charge in [0.1, 0.15) is 5.92 Å². The molecule has 25 heavy (non-hydrogen) atoms. The van der Waals surface area contributed by atoms with Gasteiger partial charge in [0.05, 0.1) is 23.4 Å². The summed E-state index contributed by atoms with van der Waals surface area (Å²) in [5, 5.41) is 21.5. The maximum atomic E-state index is 9.58. The quantitative estimate of drug-likeness (QED) is 0.782. The van der Waals surface area contributed by atoms with Gasteiger partial charge in [-0.15, -0.1) is 0 Å². The Kier molecular flexibility index (Phi) is 4.69. The smallest absolute Gasteiger partial charge is 0.227 e. The van der Waals surface area contributed by atoms with E-state index in [-0.39, 0.29) is 0 Å². The summed E-state index contributed by atoms with van der Waals surface area (Å²) in [5.74, 6) is -0.0420. The van der Waals surface area contributed by atoms with Gasteiger partial charge < -0.3 is 5.32 Å². The van der Waals surface area contributed by atoms with Crippen LogP contribution in [-0.4, -0.2) is 9.97 Å². The van der Waals surface area contributed by atoms with Gasteiger partial charge in [0, 0.05) is 11.9 Å². The summed E-state index contributed by atoms with van der Waals surface area (Å²) in [5.41, 5.74) is 4.05. The highest BCUT2D eigenvalue weighted by Gasteiger charge is 2.15. The van der Waals surface area contributed by atoms with Crippen LogP contribution in [0.3, 0.4) is 0 Å². The molecule has 0 fully saturated rings. The van der Waals surface area contributed by atoms with Crippen molar-refractivity contribution in [2.45, 2.75) is 12.8 Å². The number of benzene rings is 2. The van der Waals surface area contributed by atoms with Crippen molar-refractivity contribution < 1.29 is 0 Å². The van der Waals surface area contributed by atoms with Crippen molar-refractivity contribution in [2.75, 3.05) is 5.32 Å². The molecule has 0 radical (unpaired) electrons. The van der Waals surface area contributed by atoms with E-state index in [2.05, 4.69) is 27.4 Å². The van der Waals surface area contributed by atoms with Gasteiger partial charge in [0.25, 0.3) is 0 Å². The van der Waals surface area contributed by atoms with Gasteiger partial charge >= 0.3 is 0 Å². The third-order valence-corrected chi connectivity index (χ3v) is 3.78. The lowest BCUT2D eigenvalue weighted by Gasteiger charge is -2.11. The maximum Gasteiger partial charge on any atom is 0.227 e. The number of hydrogen-bond donors (Lipinski definition) is 1. The first-order valence-electron chi connectivity index (χ1n) is 7.76. The third-order valence-electron chi connectivity index (χ3n) is 3.78. The average molecular weight is 325 g/mol. The van der Waals surface area contributed by atoms with Crippen LogP contribution in [0.25, 0.3) is 0 Å². The summed E-state index contributed by atoms with van der Waals surface area (Å²) in [6, 6.07) is 21.0. The lowest BCUT2D eigenvalue weighted by Crippen LogP contribution is -2.05. The molecule has 1 N–H and O–H groups in total. The van der Waals surface area contributed by atoms with Crippen LogP contribution in [0.2, 0.25) is 0 Å². The van der Waals surface area contributed by atoms with Crippen molar-refractivity contribution in [3.05, 3.63) is 83.2 Å². The first-order chi connectivity index (χ1) is 12.2. The zero-order valence-electron chi connectivity index (χ0n) is 13.6. The van der Waals surface area contributed by atoms with E-state index in [0.29, 0.717) is 17.2 Å².